The third-order valence-electron chi connectivity index (χ3n) is 1.94. The average Bonchev–Trinajstić information content (AvgIpc) is 2.29. The van der Waals surface area contributed by atoms with Crippen molar-refractivity contribution in [2.24, 2.45) is 0 Å². The molecule has 6 nitrogen and oxygen atoms in total. The highest BCUT2D eigenvalue weighted by Crippen LogP contribution is 2.12. The van der Waals surface area contributed by atoms with Gasteiger partial charge in [0.25, 0.3) is 0 Å². The Morgan fingerprint density at radius 3 is 2.41 bits per heavy atom. The van der Waals surface area contributed by atoms with Gasteiger partial charge >= 0.3 is 11.9 Å². The number of hydrogen-bond donors (Lipinski definition) is 1. The Balaban J connectivity index is 2.74. The molecule has 0 aliphatic heterocycles. The summed E-state index contributed by atoms with van der Waals surface area (Å²) >= 11 is 0. The minimum absolute atomic E-state index is 0.190. The molecule has 1 N–H and O–H groups in total. The van der Waals surface area contributed by atoms with E-state index in [0.717, 1.165) is 0 Å². The smallest absolute Gasteiger partial charge is 0.361 e. The number of carboxylic acid groups (broad SMARTS) is 1. The molecule has 0 aromatic heterocycles. The zero-order valence-corrected chi connectivity index (χ0v) is 9.33. The van der Waals surface area contributed by atoms with E-state index >= 15 is 0 Å². The molecule has 0 heterocycles. The standard InChI is InChI=1S/C11H13NO5/c1-16-17-11(15)8-12(7-10(13)14)9-5-3-2-4-6-9/h2-6H,7-8H2,1H3,(H,13,14). The van der Waals surface area contributed by atoms with E-state index < -0.39 is 11.9 Å². The maximum Gasteiger partial charge on any atom is 0.361 e. The molecule has 17 heavy (non-hydrogen) atoms. The molecule has 0 atom stereocenters. The predicted molar refractivity (Wildman–Crippen MR) is 59.4 cm³/mol. The highest BCUT2D eigenvalue weighted by Gasteiger charge is 2.15. The van der Waals surface area contributed by atoms with Gasteiger partial charge in [0.05, 0.1) is 7.11 Å². The van der Waals surface area contributed by atoms with E-state index in [-0.39, 0.29) is 13.1 Å². The fourth-order valence-electron chi connectivity index (χ4n) is 1.32. The van der Waals surface area contributed by atoms with Crippen molar-refractivity contribution in [3.63, 3.8) is 0 Å². The molecule has 1 aromatic carbocycles. The van der Waals surface area contributed by atoms with Crippen molar-refractivity contribution in [1.82, 2.24) is 0 Å². The lowest BCUT2D eigenvalue weighted by molar-refractivity contribution is -0.253. The van der Waals surface area contributed by atoms with Crippen LogP contribution in [-0.4, -0.2) is 37.2 Å². The van der Waals surface area contributed by atoms with Crippen LogP contribution in [-0.2, 0) is 19.4 Å². The van der Waals surface area contributed by atoms with Gasteiger partial charge in [0.2, 0.25) is 0 Å². The monoisotopic (exact) mass is 239 g/mol. The summed E-state index contributed by atoms with van der Waals surface area (Å²) in [6.07, 6.45) is 0. The van der Waals surface area contributed by atoms with E-state index in [1.807, 2.05) is 0 Å². The average molecular weight is 239 g/mol. The van der Waals surface area contributed by atoms with E-state index in [4.69, 9.17) is 5.11 Å². The van der Waals surface area contributed by atoms with Crippen LogP contribution in [0.3, 0.4) is 0 Å². The third kappa shape index (κ3) is 4.52. The fourth-order valence-corrected chi connectivity index (χ4v) is 1.32. The molecule has 0 fully saturated rings. The summed E-state index contributed by atoms with van der Waals surface area (Å²) < 4.78 is 0. The van der Waals surface area contributed by atoms with Crippen molar-refractivity contribution in [3.05, 3.63) is 30.3 Å². The fraction of sp³-hybridized carbons (Fsp3) is 0.273. The molecule has 6 heteroatoms. The number of hydrogen-bond acceptors (Lipinski definition) is 5. The van der Waals surface area contributed by atoms with Gasteiger partial charge in [0.15, 0.2) is 0 Å². The number of aliphatic carboxylic acids is 1. The van der Waals surface area contributed by atoms with Crippen molar-refractivity contribution >= 4 is 17.6 Å². The minimum atomic E-state index is -1.03. The summed E-state index contributed by atoms with van der Waals surface area (Å²) in [5.74, 6) is -1.68. The number of anilines is 1. The van der Waals surface area contributed by atoms with Crippen molar-refractivity contribution in [1.29, 1.82) is 0 Å². The second-order valence-corrected chi connectivity index (χ2v) is 3.21. The molecular formula is C11H13NO5. The zero-order valence-electron chi connectivity index (χ0n) is 9.33. The SMILES string of the molecule is COOC(=O)CN(CC(=O)O)c1ccccc1. The van der Waals surface area contributed by atoms with Crippen LogP contribution in [0.2, 0.25) is 0 Å². The van der Waals surface area contributed by atoms with Crippen LogP contribution < -0.4 is 4.90 Å². The van der Waals surface area contributed by atoms with Crippen LogP contribution in [0.1, 0.15) is 0 Å². The molecule has 0 saturated heterocycles. The van der Waals surface area contributed by atoms with Gasteiger partial charge < -0.3 is 10.0 Å². The van der Waals surface area contributed by atoms with Gasteiger partial charge in [0.1, 0.15) is 13.1 Å². The van der Waals surface area contributed by atoms with Crippen LogP contribution in [0.25, 0.3) is 0 Å². The van der Waals surface area contributed by atoms with Crippen molar-refractivity contribution < 1.29 is 24.5 Å². The molecule has 0 saturated carbocycles. The molecule has 0 amide bonds. The van der Waals surface area contributed by atoms with Gasteiger partial charge in [-0.3, -0.25) is 9.68 Å². The second kappa shape index (κ2) is 6.49. The Morgan fingerprint density at radius 1 is 1.24 bits per heavy atom. The first-order valence-corrected chi connectivity index (χ1v) is 4.88. The molecular weight excluding hydrogens is 226 g/mol. The van der Waals surface area contributed by atoms with Gasteiger partial charge in [-0.25, -0.2) is 4.79 Å². The maximum atomic E-state index is 11.2. The van der Waals surface area contributed by atoms with E-state index in [1.165, 1.54) is 12.0 Å². The summed E-state index contributed by atoms with van der Waals surface area (Å²) in [5, 5.41) is 8.76. The van der Waals surface area contributed by atoms with Gasteiger partial charge in [-0.2, -0.15) is 4.89 Å². The molecule has 0 aliphatic carbocycles. The third-order valence-corrected chi connectivity index (χ3v) is 1.94. The first-order chi connectivity index (χ1) is 8.13. The van der Waals surface area contributed by atoms with Crippen LogP contribution >= 0.6 is 0 Å². The Kier molecular flexibility index (Phi) is 4.96. The Morgan fingerprint density at radius 2 is 1.88 bits per heavy atom. The molecule has 1 rings (SSSR count). The van der Waals surface area contributed by atoms with Gasteiger partial charge in [-0.05, 0) is 12.1 Å². The maximum absolute atomic E-state index is 11.2. The van der Waals surface area contributed by atoms with E-state index in [9.17, 15) is 9.59 Å². The molecule has 0 spiro atoms. The Hall–Kier alpha value is -2.08. The quantitative estimate of drug-likeness (QED) is 0.581. The van der Waals surface area contributed by atoms with Gasteiger partial charge in [0, 0.05) is 5.69 Å². The van der Waals surface area contributed by atoms with Gasteiger partial charge in [-0.1, -0.05) is 18.2 Å². The van der Waals surface area contributed by atoms with E-state index in [2.05, 4.69) is 9.78 Å². The first kappa shape index (κ1) is 13.0. The number of nitrogens with zero attached hydrogens (tertiary/aromatic N) is 1. The number of carbonyl (C=O) groups is 2. The molecule has 0 bridgehead atoms. The summed E-state index contributed by atoms with van der Waals surface area (Å²) in [4.78, 5) is 31.8. The molecule has 1 aromatic rings. The van der Waals surface area contributed by atoms with Crippen LogP contribution in [0.5, 0.6) is 0 Å². The summed E-state index contributed by atoms with van der Waals surface area (Å²) in [6.45, 7) is -0.479. The number of para-hydroxylation sites is 1. The predicted octanol–water partition coefficient (Wildman–Crippen LogP) is 0.682. The number of benzene rings is 1. The lowest BCUT2D eigenvalue weighted by Crippen LogP contribution is -2.35. The summed E-state index contributed by atoms with van der Waals surface area (Å²) in [7, 11) is 1.21. The van der Waals surface area contributed by atoms with E-state index in [1.54, 1.807) is 30.3 Å². The summed E-state index contributed by atoms with van der Waals surface area (Å²) in [6, 6.07) is 8.74. The molecule has 0 unspecified atom stereocenters. The van der Waals surface area contributed by atoms with Crippen LogP contribution in [0.15, 0.2) is 30.3 Å². The Bertz CT molecular complexity index is 379. The topological polar surface area (TPSA) is 76.1 Å². The van der Waals surface area contributed by atoms with Crippen LogP contribution in [0.4, 0.5) is 5.69 Å². The lowest BCUT2D eigenvalue weighted by atomic mass is 10.3. The molecule has 0 aliphatic rings. The minimum Gasteiger partial charge on any atom is -0.480 e. The van der Waals surface area contributed by atoms with Crippen molar-refractivity contribution in [2.75, 3.05) is 25.1 Å². The number of rotatable bonds is 6. The van der Waals surface area contributed by atoms with Crippen molar-refractivity contribution in [2.45, 2.75) is 0 Å². The van der Waals surface area contributed by atoms with E-state index in [0.29, 0.717) is 5.69 Å². The highest BCUT2D eigenvalue weighted by molar-refractivity contribution is 5.80. The molecule has 92 valence electrons. The first-order valence-electron chi connectivity index (χ1n) is 4.88. The highest BCUT2D eigenvalue weighted by atomic mass is 17.2. The number of carboxylic acids is 1. The van der Waals surface area contributed by atoms with Crippen molar-refractivity contribution in [3.8, 4) is 0 Å². The Labute approximate surface area is 98.3 Å². The largest absolute Gasteiger partial charge is 0.480 e. The summed E-state index contributed by atoms with van der Waals surface area (Å²) in [5.41, 5.74) is 0.628. The zero-order chi connectivity index (χ0) is 12.7. The second-order valence-electron chi connectivity index (χ2n) is 3.21. The van der Waals surface area contributed by atoms with Crippen LogP contribution in [0, 0.1) is 0 Å². The lowest BCUT2D eigenvalue weighted by Gasteiger charge is -2.20. The normalized spacial score (nSPS) is 9.71. The van der Waals surface area contributed by atoms with Gasteiger partial charge in [-0.15, -0.1) is 0 Å². The molecule has 0 radical (unpaired) electrons. The number of carbonyl (C=O) groups excluding carboxylic acids is 1.